The first kappa shape index (κ1) is 24.4. The molecule has 168 valence electrons. The van der Waals surface area contributed by atoms with E-state index in [-0.39, 0.29) is 18.9 Å². The van der Waals surface area contributed by atoms with Crippen LogP contribution < -0.4 is 4.74 Å². The summed E-state index contributed by atoms with van der Waals surface area (Å²) < 4.78 is 5.75. The summed E-state index contributed by atoms with van der Waals surface area (Å²) in [5.41, 5.74) is 1.23. The zero-order valence-corrected chi connectivity index (χ0v) is 17.6. The molecule has 9 heteroatoms. The molecule has 0 aliphatic carbocycles. The van der Waals surface area contributed by atoms with Crippen molar-refractivity contribution in [2.45, 2.75) is 25.7 Å². The van der Waals surface area contributed by atoms with Crippen molar-refractivity contribution in [2.75, 3.05) is 39.5 Å². The van der Waals surface area contributed by atoms with Crippen molar-refractivity contribution in [3.05, 3.63) is 58.6 Å². The zero-order valence-electron chi connectivity index (χ0n) is 17.6. The average Bonchev–Trinajstić information content (AvgIpc) is 2.78. The molecule has 2 rings (SSSR count). The molecule has 0 saturated carbocycles. The number of non-ortho nitro benzene ring substituents is 1. The van der Waals surface area contributed by atoms with Crippen LogP contribution in [0.5, 0.6) is 5.75 Å². The molecule has 0 unspecified atom stereocenters. The second kappa shape index (κ2) is 14.2. The molecule has 0 spiro atoms. The number of nitro benzene ring substituents is 1. The second-order valence-corrected chi connectivity index (χ2v) is 7.02. The number of nitrogens with zero attached hydrogens (tertiary/aromatic N) is 4. The second-order valence-electron chi connectivity index (χ2n) is 7.02. The Morgan fingerprint density at radius 2 is 1.35 bits per heavy atom. The number of rotatable bonds is 15. The van der Waals surface area contributed by atoms with E-state index in [0.29, 0.717) is 31.1 Å². The molecule has 2 aromatic carbocycles. The van der Waals surface area contributed by atoms with Crippen LogP contribution in [0.1, 0.15) is 25.7 Å². The van der Waals surface area contributed by atoms with Crippen LogP contribution >= 0.6 is 0 Å². The molecule has 0 saturated heterocycles. The summed E-state index contributed by atoms with van der Waals surface area (Å²) in [4.78, 5) is 12.3. The van der Waals surface area contributed by atoms with Crippen LogP contribution in [0.25, 0.3) is 0 Å². The molecule has 9 nitrogen and oxygen atoms in total. The quantitative estimate of drug-likeness (QED) is 0.189. The highest BCUT2D eigenvalue weighted by molar-refractivity contribution is 5.45. The SMILES string of the molecule is O=[N+]([O-])c1ccc(N=Nc2ccc(OCCCCCCN(CCO)CCO)cc2)cc1. The predicted octanol–water partition coefficient (Wildman–Crippen LogP) is 4.24. The molecular formula is C22H30N4O5. The fraction of sp³-hybridized carbons (Fsp3) is 0.455. The zero-order chi connectivity index (χ0) is 22.3. The number of hydrogen-bond acceptors (Lipinski definition) is 8. The summed E-state index contributed by atoms with van der Waals surface area (Å²) in [6, 6.07) is 13.2. The molecule has 2 N–H and O–H groups in total. The third kappa shape index (κ3) is 9.65. The van der Waals surface area contributed by atoms with Gasteiger partial charge in [-0.05, 0) is 55.8 Å². The van der Waals surface area contributed by atoms with E-state index in [1.807, 2.05) is 12.1 Å². The summed E-state index contributed by atoms with van der Waals surface area (Å²) in [5, 5.41) is 36.9. The minimum absolute atomic E-state index is 0.0193. The van der Waals surface area contributed by atoms with Crippen molar-refractivity contribution < 1.29 is 19.9 Å². The van der Waals surface area contributed by atoms with Gasteiger partial charge in [-0.15, -0.1) is 0 Å². The number of unbranched alkanes of at least 4 members (excludes halogenated alkanes) is 3. The first-order chi connectivity index (χ1) is 15.1. The largest absolute Gasteiger partial charge is 0.494 e. The molecule has 0 aliphatic heterocycles. The van der Waals surface area contributed by atoms with Crippen LogP contribution in [0.2, 0.25) is 0 Å². The summed E-state index contributed by atoms with van der Waals surface area (Å²) >= 11 is 0. The highest BCUT2D eigenvalue weighted by Crippen LogP contribution is 2.23. The third-order valence-corrected chi connectivity index (χ3v) is 4.65. The standard InChI is InChI=1S/C22H30N4O5/c27-16-14-25(15-17-28)13-3-1-2-4-18-31-22-11-7-20(8-12-22)24-23-19-5-9-21(10-6-19)26(29)30/h5-12,27-28H,1-4,13-18H2. The van der Waals surface area contributed by atoms with Gasteiger partial charge in [0.05, 0.1) is 36.1 Å². The summed E-state index contributed by atoms with van der Waals surface area (Å²) in [6.07, 6.45) is 4.14. The van der Waals surface area contributed by atoms with E-state index in [4.69, 9.17) is 14.9 Å². The van der Waals surface area contributed by atoms with Gasteiger partial charge >= 0.3 is 0 Å². The summed E-state index contributed by atoms with van der Waals surface area (Å²) in [7, 11) is 0. The van der Waals surface area contributed by atoms with Gasteiger partial charge in [0.1, 0.15) is 5.75 Å². The Hall–Kier alpha value is -2.88. The molecule has 0 bridgehead atoms. The van der Waals surface area contributed by atoms with Gasteiger partial charge in [0.15, 0.2) is 0 Å². The van der Waals surface area contributed by atoms with Crippen molar-refractivity contribution in [1.29, 1.82) is 0 Å². The van der Waals surface area contributed by atoms with Gasteiger partial charge in [-0.2, -0.15) is 10.2 Å². The predicted molar refractivity (Wildman–Crippen MR) is 118 cm³/mol. The van der Waals surface area contributed by atoms with Crippen LogP contribution in [-0.4, -0.2) is 59.5 Å². The van der Waals surface area contributed by atoms with Gasteiger partial charge in [0.2, 0.25) is 0 Å². The van der Waals surface area contributed by atoms with Gasteiger partial charge in [-0.25, -0.2) is 0 Å². The number of ether oxygens (including phenoxy) is 1. The monoisotopic (exact) mass is 430 g/mol. The molecule has 0 heterocycles. The van der Waals surface area contributed by atoms with E-state index in [1.165, 1.54) is 12.1 Å². The fourth-order valence-electron chi connectivity index (χ4n) is 2.96. The van der Waals surface area contributed by atoms with Gasteiger partial charge in [-0.1, -0.05) is 12.8 Å². The maximum atomic E-state index is 10.7. The Morgan fingerprint density at radius 3 is 1.90 bits per heavy atom. The molecule has 0 aromatic heterocycles. The Morgan fingerprint density at radius 1 is 0.806 bits per heavy atom. The average molecular weight is 431 g/mol. The first-order valence-electron chi connectivity index (χ1n) is 10.5. The van der Waals surface area contributed by atoms with Crippen LogP contribution in [0.4, 0.5) is 17.1 Å². The molecule has 0 radical (unpaired) electrons. The van der Waals surface area contributed by atoms with Crippen molar-refractivity contribution in [3.63, 3.8) is 0 Å². The molecule has 0 atom stereocenters. The maximum absolute atomic E-state index is 10.7. The lowest BCUT2D eigenvalue weighted by Crippen LogP contribution is -2.30. The lowest BCUT2D eigenvalue weighted by Gasteiger charge is -2.19. The number of hydrogen-bond donors (Lipinski definition) is 2. The number of benzene rings is 2. The topological polar surface area (TPSA) is 121 Å². The minimum atomic E-state index is -0.453. The van der Waals surface area contributed by atoms with Crippen molar-refractivity contribution >= 4 is 17.1 Å². The van der Waals surface area contributed by atoms with Gasteiger partial charge in [0, 0.05) is 25.2 Å². The molecule has 2 aromatic rings. The van der Waals surface area contributed by atoms with E-state index < -0.39 is 4.92 Å². The van der Waals surface area contributed by atoms with E-state index in [2.05, 4.69) is 15.1 Å². The highest BCUT2D eigenvalue weighted by atomic mass is 16.6. The minimum Gasteiger partial charge on any atom is -0.494 e. The fourth-order valence-corrected chi connectivity index (χ4v) is 2.96. The third-order valence-electron chi connectivity index (χ3n) is 4.65. The van der Waals surface area contributed by atoms with Crippen molar-refractivity contribution in [2.24, 2.45) is 10.2 Å². The van der Waals surface area contributed by atoms with E-state index >= 15 is 0 Å². The van der Waals surface area contributed by atoms with Gasteiger partial charge < -0.3 is 14.9 Å². The van der Waals surface area contributed by atoms with E-state index in [1.54, 1.807) is 24.3 Å². The van der Waals surface area contributed by atoms with Crippen LogP contribution in [0.15, 0.2) is 58.8 Å². The Balaban J connectivity index is 1.64. The maximum Gasteiger partial charge on any atom is 0.269 e. The lowest BCUT2D eigenvalue weighted by atomic mass is 10.2. The molecular weight excluding hydrogens is 400 g/mol. The summed E-state index contributed by atoms with van der Waals surface area (Å²) in [6.45, 7) is 2.97. The number of nitro groups is 1. The number of aliphatic hydroxyl groups excluding tert-OH is 2. The highest BCUT2D eigenvalue weighted by Gasteiger charge is 2.04. The molecule has 0 fully saturated rings. The van der Waals surface area contributed by atoms with Crippen LogP contribution in [0.3, 0.4) is 0 Å². The van der Waals surface area contributed by atoms with Crippen LogP contribution in [0, 0.1) is 10.1 Å². The molecule has 31 heavy (non-hydrogen) atoms. The Kier molecular flexibility index (Phi) is 11.2. The number of aliphatic hydroxyl groups is 2. The summed E-state index contributed by atoms with van der Waals surface area (Å²) in [5.74, 6) is 0.770. The van der Waals surface area contributed by atoms with Crippen LogP contribution in [-0.2, 0) is 0 Å². The smallest absolute Gasteiger partial charge is 0.269 e. The van der Waals surface area contributed by atoms with E-state index in [9.17, 15) is 10.1 Å². The lowest BCUT2D eigenvalue weighted by molar-refractivity contribution is -0.384. The normalized spacial score (nSPS) is 11.3. The van der Waals surface area contributed by atoms with Crippen molar-refractivity contribution in [3.8, 4) is 5.75 Å². The van der Waals surface area contributed by atoms with Gasteiger partial charge in [-0.3, -0.25) is 15.0 Å². The first-order valence-corrected chi connectivity index (χ1v) is 10.5. The van der Waals surface area contributed by atoms with E-state index in [0.717, 1.165) is 38.0 Å². The molecule has 0 amide bonds. The Bertz CT molecular complexity index is 791. The Labute approximate surface area is 182 Å². The molecule has 0 aliphatic rings. The van der Waals surface area contributed by atoms with Crippen molar-refractivity contribution in [1.82, 2.24) is 4.90 Å². The van der Waals surface area contributed by atoms with Gasteiger partial charge in [0.25, 0.3) is 5.69 Å². The number of azo groups is 1.